The number of hydrogen-bond acceptors (Lipinski definition) is 0. The van der Waals surface area contributed by atoms with E-state index in [1.165, 1.54) is 5.56 Å². The van der Waals surface area contributed by atoms with Gasteiger partial charge in [-0.1, -0.05) is 13.0 Å². The maximum absolute atomic E-state index is 3.82. The molecule has 0 fully saturated rings. The molecule has 1 rings (SSSR count). The first-order valence-corrected chi connectivity index (χ1v) is 2.68. The maximum Gasteiger partial charge on any atom is 2.00 e. The van der Waals surface area contributed by atoms with E-state index in [-0.39, 0.29) is 47.0 Å². The van der Waals surface area contributed by atoms with Crippen molar-refractivity contribution in [2.75, 3.05) is 0 Å². The zero-order valence-electron chi connectivity index (χ0n) is 6.10. The maximum atomic E-state index is 3.82. The van der Waals surface area contributed by atoms with Crippen LogP contribution >= 0.6 is 0 Å². The minimum atomic E-state index is 0. The van der Waals surface area contributed by atoms with E-state index in [0.29, 0.717) is 0 Å². The summed E-state index contributed by atoms with van der Waals surface area (Å²) in [5.74, 6) is 0. The fourth-order valence-electron chi connectivity index (χ4n) is 0.610. The number of rotatable bonds is 0. The third-order valence-corrected chi connectivity index (χ3v) is 1.26. The molecule has 0 saturated carbocycles. The molecule has 0 unspecified atom stereocenters. The van der Waals surface area contributed by atoms with E-state index >= 15 is 0 Å². The topological polar surface area (TPSA) is 0 Å². The van der Waals surface area contributed by atoms with Crippen LogP contribution in [-0.2, 0) is 0 Å². The standard InChI is InChI=1S/C8H9.HI.Mg/c1-7-5-3-4-6-8(7)2;;/h3-6H,1H2,2H3;1H;/q-1;;+2/p-1. The van der Waals surface area contributed by atoms with Crippen LogP contribution in [0.2, 0.25) is 0 Å². The molecule has 0 aliphatic rings. The van der Waals surface area contributed by atoms with Crippen LogP contribution < -0.4 is 24.0 Å². The zero-order valence-corrected chi connectivity index (χ0v) is 9.67. The average molecular weight is 256 g/mol. The monoisotopic (exact) mass is 256 g/mol. The van der Waals surface area contributed by atoms with E-state index < -0.39 is 0 Å². The van der Waals surface area contributed by atoms with Crippen LogP contribution in [0.3, 0.4) is 0 Å². The van der Waals surface area contributed by atoms with Crippen molar-refractivity contribution in [1.82, 2.24) is 0 Å². The second kappa shape index (κ2) is 6.31. The molecule has 1 aromatic rings. The first-order chi connectivity index (χ1) is 3.80. The molecule has 0 aliphatic heterocycles. The van der Waals surface area contributed by atoms with Gasteiger partial charge in [-0.15, -0.1) is 12.1 Å². The van der Waals surface area contributed by atoms with E-state index in [4.69, 9.17) is 0 Å². The largest absolute Gasteiger partial charge is 2.00 e. The average Bonchev–Trinajstić information content (AvgIpc) is 1.77. The molecular weight excluding hydrogens is 247 g/mol. The smallest absolute Gasteiger partial charge is 1.00 e. The molecule has 0 aromatic heterocycles. The Labute approximate surface area is 95.6 Å². The summed E-state index contributed by atoms with van der Waals surface area (Å²) in [6.07, 6.45) is 0. The second-order valence-electron chi connectivity index (χ2n) is 1.93. The fourth-order valence-corrected chi connectivity index (χ4v) is 0.610. The molecule has 2 heteroatoms. The van der Waals surface area contributed by atoms with Crippen molar-refractivity contribution in [2.45, 2.75) is 6.92 Å². The molecule has 0 heterocycles. The number of hydrogen-bond donors (Lipinski definition) is 0. The van der Waals surface area contributed by atoms with Crippen molar-refractivity contribution in [2.24, 2.45) is 0 Å². The van der Waals surface area contributed by atoms with Gasteiger partial charge in [0.15, 0.2) is 0 Å². The molecule has 10 heavy (non-hydrogen) atoms. The van der Waals surface area contributed by atoms with E-state index in [1.807, 2.05) is 18.2 Å². The van der Waals surface area contributed by atoms with Crippen molar-refractivity contribution in [3.8, 4) is 0 Å². The van der Waals surface area contributed by atoms with Gasteiger partial charge in [-0.05, 0) is 0 Å². The summed E-state index contributed by atoms with van der Waals surface area (Å²) < 4.78 is 0. The van der Waals surface area contributed by atoms with Crippen molar-refractivity contribution in [3.63, 3.8) is 0 Å². The van der Waals surface area contributed by atoms with Crippen LogP contribution in [0, 0.1) is 13.8 Å². The molecule has 50 valence electrons. The van der Waals surface area contributed by atoms with E-state index in [1.54, 1.807) is 0 Å². The summed E-state index contributed by atoms with van der Waals surface area (Å²) in [7, 11) is 0. The van der Waals surface area contributed by atoms with Crippen molar-refractivity contribution in [1.29, 1.82) is 0 Å². The van der Waals surface area contributed by atoms with Crippen molar-refractivity contribution >= 4 is 23.1 Å². The first kappa shape index (κ1) is 13.2. The summed E-state index contributed by atoms with van der Waals surface area (Å²) >= 11 is 0. The minimum Gasteiger partial charge on any atom is -1.00 e. The Bertz CT molecular complexity index is 165. The van der Waals surface area contributed by atoms with Gasteiger partial charge in [0.1, 0.15) is 0 Å². The summed E-state index contributed by atoms with van der Waals surface area (Å²) in [5.41, 5.74) is 2.38. The molecule has 0 N–H and O–H groups in total. The summed E-state index contributed by atoms with van der Waals surface area (Å²) in [6.45, 7) is 5.88. The zero-order chi connectivity index (χ0) is 5.98. The van der Waals surface area contributed by atoms with Crippen LogP contribution in [0.4, 0.5) is 0 Å². The van der Waals surface area contributed by atoms with E-state index in [9.17, 15) is 0 Å². The van der Waals surface area contributed by atoms with Crippen molar-refractivity contribution in [3.05, 3.63) is 42.3 Å². The van der Waals surface area contributed by atoms with Gasteiger partial charge in [-0.2, -0.15) is 24.1 Å². The molecule has 0 bridgehead atoms. The Morgan fingerprint density at radius 3 is 2.00 bits per heavy atom. The number of benzene rings is 1. The Morgan fingerprint density at radius 2 is 1.70 bits per heavy atom. The Kier molecular flexibility index (Phi) is 8.32. The third-order valence-electron chi connectivity index (χ3n) is 1.26. The van der Waals surface area contributed by atoms with Gasteiger partial charge >= 0.3 is 23.1 Å². The van der Waals surface area contributed by atoms with Gasteiger partial charge in [0.25, 0.3) is 0 Å². The van der Waals surface area contributed by atoms with Gasteiger partial charge in [-0.25, -0.2) is 0 Å². The molecule has 0 spiro atoms. The third kappa shape index (κ3) is 3.68. The molecule has 0 saturated heterocycles. The summed E-state index contributed by atoms with van der Waals surface area (Å²) in [5, 5.41) is 0. The molecular formula is C8H9IMg. The Hall–Kier alpha value is 0.586. The SMILES string of the molecule is [CH2-]c1ccccc1C.[I-].[Mg+2]. The minimum absolute atomic E-state index is 0. The molecule has 0 atom stereocenters. The van der Waals surface area contributed by atoms with Crippen LogP contribution in [0.15, 0.2) is 24.3 Å². The molecule has 0 aliphatic carbocycles. The van der Waals surface area contributed by atoms with E-state index in [2.05, 4.69) is 19.9 Å². The predicted molar refractivity (Wildman–Crippen MR) is 41.4 cm³/mol. The van der Waals surface area contributed by atoms with Gasteiger partial charge in [0.05, 0.1) is 0 Å². The molecule has 0 nitrogen and oxygen atoms in total. The first-order valence-electron chi connectivity index (χ1n) is 2.68. The van der Waals surface area contributed by atoms with Crippen LogP contribution in [0.25, 0.3) is 0 Å². The summed E-state index contributed by atoms with van der Waals surface area (Å²) in [6, 6.07) is 8.08. The van der Waals surface area contributed by atoms with Gasteiger partial charge in [0.2, 0.25) is 0 Å². The Balaban J connectivity index is 0. The van der Waals surface area contributed by atoms with Gasteiger partial charge in [0, 0.05) is 0 Å². The Morgan fingerprint density at radius 1 is 1.20 bits per heavy atom. The quantitative estimate of drug-likeness (QED) is 0.311. The van der Waals surface area contributed by atoms with Gasteiger partial charge < -0.3 is 24.0 Å². The molecule has 0 amide bonds. The fraction of sp³-hybridized carbons (Fsp3) is 0.125. The van der Waals surface area contributed by atoms with Crippen LogP contribution in [-0.4, -0.2) is 23.1 Å². The van der Waals surface area contributed by atoms with Gasteiger partial charge in [-0.3, -0.25) is 0 Å². The predicted octanol–water partition coefficient (Wildman–Crippen LogP) is -1.20. The number of halogens is 1. The molecule has 0 radical (unpaired) electrons. The number of aryl methyl sites for hydroxylation is 1. The molecule has 1 aromatic carbocycles. The van der Waals surface area contributed by atoms with Crippen LogP contribution in [0.1, 0.15) is 11.1 Å². The normalized spacial score (nSPS) is 7.30. The van der Waals surface area contributed by atoms with Crippen molar-refractivity contribution < 1.29 is 24.0 Å². The van der Waals surface area contributed by atoms with Crippen LogP contribution in [0.5, 0.6) is 0 Å². The summed E-state index contributed by atoms with van der Waals surface area (Å²) in [4.78, 5) is 0. The van der Waals surface area contributed by atoms with E-state index in [0.717, 1.165) is 5.56 Å². The second-order valence-corrected chi connectivity index (χ2v) is 1.93.